The summed E-state index contributed by atoms with van der Waals surface area (Å²) in [6.45, 7) is 3.78. The number of H-pyrrole nitrogens is 1. The van der Waals surface area contributed by atoms with Crippen molar-refractivity contribution in [2.24, 2.45) is 0 Å². The molecule has 6 heteroatoms. The molecule has 0 fully saturated rings. The molecule has 1 aromatic rings. The molecule has 1 aromatic heterocycles. The Hall–Kier alpha value is -1.69. The van der Waals surface area contributed by atoms with E-state index in [-0.39, 0.29) is 18.0 Å². The first-order chi connectivity index (χ1) is 7.93. The topological polar surface area (TPSA) is 92.3 Å². The lowest BCUT2D eigenvalue weighted by Gasteiger charge is -2.21. The fraction of sp³-hybridized carbons (Fsp3) is 0.545. The highest BCUT2D eigenvalue weighted by Crippen LogP contribution is 2.20. The molecule has 0 aromatic carbocycles. The van der Waals surface area contributed by atoms with Crippen molar-refractivity contribution < 1.29 is 14.6 Å². The molecule has 17 heavy (non-hydrogen) atoms. The van der Waals surface area contributed by atoms with Gasteiger partial charge in [-0.3, -0.25) is 9.59 Å². The summed E-state index contributed by atoms with van der Waals surface area (Å²) in [6.07, 6.45) is 0.544. The summed E-state index contributed by atoms with van der Waals surface area (Å²) in [5.74, 6) is -0.830. The smallest absolute Gasteiger partial charge is 0.316 e. The van der Waals surface area contributed by atoms with Crippen LogP contribution in [0.25, 0.3) is 0 Å². The van der Waals surface area contributed by atoms with Crippen LogP contribution in [0.2, 0.25) is 0 Å². The molecule has 0 atom stereocenters. The van der Waals surface area contributed by atoms with E-state index in [0.717, 1.165) is 0 Å². The van der Waals surface area contributed by atoms with Gasteiger partial charge in [-0.2, -0.15) is 0 Å². The van der Waals surface area contributed by atoms with Gasteiger partial charge in [-0.25, -0.2) is 4.98 Å². The van der Waals surface area contributed by atoms with E-state index in [1.165, 1.54) is 13.8 Å². The predicted molar refractivity (Wildman–Crippen MR) is 58.9 cm³/mol. The number of nitrogens with zero attached hydrogens (tertiary/aromatic N) is 1. The summed E-state index contributed by atoms with van der Waals surface area (Å²) in [6, 6.07) is 0. The molecule has 1 aliphatic rings. The van der Waals surface area contributed by atoms with Crippen LogP contribution in [0.5, 0.6) is 0 Å². The molecule has 92 valence electrons. The number of carboxylic acids is 1. The highest BCUT2D eigenvalue weighted by Gasteiger charge is 2.33. The average Bonchev–Trinajstić information content (AvgIpc) is 2.28. The van der Waals surface area contributed by atoms with E-state index in [0.29, 0.717) is 24.3 Å². The van der Waals surface area contributed by atoms with Crippen molar-refractivity contribution in [2.45, 2.75) is 32.3 Å². The number of rotatable bonds is 2. The van der Waals surface area contributed by atoms with Gasteiger partial charge < -0.3 is 14.8 Å². The van der Waals surface area contributed by atoms with E-state index in [4.69, 9.17) is 9.84 Å². The summed E-state index contributed by atoms with van der Waals surface area (Å²) < 4.78 is 5.17. The largest absolute Gasteiger partial charge is 0.481 e. The van der Waals surface area contributed by atoms with E-state index in [1.807, 2.05) is 0 Å². The van der Waals surface area contributed by atoms with Crippen LogP contribution < -0.4 is 5.56 Å². The molecule has 2 N–H and O–H groups in total. The van der Waals surface area contributed by atoms with Crippen molar-refractivity contribution in [3.05, 3.63) is 27.4 Å². The van der Waals surface area contributed by atoms with Gasteiger partial charge in [-0.15, -0.1) is 0 Å². The number of aliphatic carboxylic acids is 1. The Morgan fingerprint density at radius 2 is 2.24 bits per heavy atom. The van der Waals surface area contributed by atoms with Gasteiger partial charge in [0.25, 0.3) is 5.56 Å². The molecule has 0 aliphatic carbocycles. The molecule has 0 saturated carbocycles. The van der Waals surface area contributed by atoms with Gasteiger partial charge in [0.2, 0.25) is 0 Å². The number of hydrogen-bond donors (Lipinski definition) is 2. The second kappa shape index (κ2) is 3.96. The van der Waals surface area contributed by atoms with E-state index in [1.54, 1.807) is 0 Å². The molecular weight excluding hydrogens is 224 g/mol. The summed E-state index contributed by atoms with van der Waals surface area (Å²) in [4.78, 5) is 29.7. The van der Waals surface area contributed by atoms with E-state index >= 15 is 0 Å². The molecule has 2 heterocycles. The first-order valence-corrected chi connectivity index (χ1v) is 5.36. The zero-order valence-corrected chi connectivity index (χ0v) is 9.74. The van der Waals surface area contributed by atoms with Gasteiger partial charge in [-0.05, 0) is 13.8 Å². The van der Waals surface area contributed by atoms with Crippen LogP contribution in [0.3, 0.4) is 0 Å². The van der Waals surface area contributed by atoms with Crippen LogP contribution in [0.1, 0.15) is 30.9 Å². The molecule has 0 unspecified atom stereocenters. The molecule has 1 aliphatic heterocycles. The van der Waals surface area contributed by atoms with Gasteiger partial charge in [0, 0.05) is 6.42 Å². The number of aromatic amines is 1. The van der Waals surface area contributed by atoms with Crippen molar-refractivity contribution in [3.8, 4) is 0 Å². The third-order valence-corrected chi connectivity index (χ3v) is 2.96. The SMILES string of the molecule is CC(C)(C(=O)O)c1nc2c(c(=O)[nH]1)COCC2. The Balaban J connectivity index is 2.55. The predicted octanol–water partition coefficient (Wildman–Crippen LogP) is 0.205. The van der Waals surface area contributed by atoms with E-state index in [9.17, 15) is 9.59 Å². The maximum absolute atomic E-state index is 11.8. The lowest BCUT2D eigenvalue weighted by Crippen LogP contribution is -2.35. The quantitative estimate of drug-likeness (QED) is 0.768. The Bertz CT molecular complexity index is 519. The molecule has 0 radical (unpaired) electrons. The van der Waals surface area contributed by atoms with Crippen LogP contribution in [-0.4, -0.2) is 27.7 Å². The van der Waals surface area contributed by atoms with Crippen LogP contribution >= 0.6 is 0 Å². The molecule has 0 amide bonds. The number of hydrogen-bond acceptors (Lipinski definition) is 4. The van der Waals surface area contributed by atoms with Crippen molar-refractivity contribution in [2.75, 3.05) is 6.61 Å². The third-order valence-electron chi connectivity index (χ3n) is 2.96. The molecule has 0 bridgehead atoms. The van der Waals surface area contributed by atoms with Crippen LogP contribution in [0, 0.1) is 0 Å². The zero-order chi connectivity index (χ0) is 12.6. The third kappa shape index (κ3) is 1.95. The summed E-state index contributed by atoms with van der Waals surface area (Å²) in [5, 5.41) is 9.10. The van der Waals surface area contributed by atoms with Gasteiger partial charge >= 0.3 is 5.97 Å². The maximum atomic E-state index is 11.8. The monoisotopic (exact) mass is 238 g/mol. The first kappa shape index (κ1) is 11.8. The minimum absolute atomic E-state index is 0.190. The second-order valence-electron chi connectivity index (χ2n) is 4.57. The molecule has 6 nitrogen and oxygen atoms in total. The number of carbonyl (C=O) groups is 1. The second-order valence-corrected chi connectivity index (χ2v) is 4.57. The lowest BCUT2D eigenvalue weighted by atomic mass is 9.92. The molecule has 0 saturated heterocycles. The van der Waals surface area contributed by atoms with Gasteiger partial charge in [0.05, 0.1) is 24.5 Å². The zero-order valence-electron chi connectivity index (χ0n) is 9.74. The fourth-order valence-electron chi connectivity index (χ4n) is 1.64. The Morgan fingerprint density at radius 1 is 1.53 bits per heavy atom. The number of aromatic nitrogens is 2. The van der Waals surface area contributed by atoms with Crippen molar-refractivity contribution in [1.29, 1.82) is 0 Å². The minimum Gasteiger partial charge on any atom is -0.481 e. The lowest BCUT2D eigenvalue weighted by molar-refractivity contribution is -0.142. The average molecular weight is 238 g/mol. The first-order valence-electron chi connectivity index (χ1n) is 5.36. The van der Waals surface area contributed by atoms with Crippen LogP contribution in [0.15, 0.2) is 4.79 Å². The molecular formula is C11H14N2O4. The number of fused-ring (bicyclic) bond motifs is 1. The summed E-state index contributed by atoms with van der Waals surface area (Å²) in [5.41, 5.74) is -0.364. The van der Waals surface area contributed by atoms with Crippen molar-refractivity contribution in [3.63, 3.8) is 0 Å². The van der Waals surface area contributed by atoms with Crippen molar-refractivity contribution >= 4 is 5.97 Å². The molecule has 2 rings (SSSR count). The van der Waals surface area contributed by atoms with E-state index < -0.39 is 11.4 Å². The Kier molecular flexibility index (Phi) is 2.74. The highest BCUT2D eigenvalue weighted by atomic mass is 16.5. The Labute approximate surface area is 97.7 Å². The standard InChI is InChI=1S/C11H14N2O4/c1-11(2,10(15)16)9-12-7-3-4-17-5-6(7)8(14)13-9/h3-5H2,1-2H3,(H,15,16)(H,12,13,14). The number of ether oxygens (including phenoxy) is 1. The van der Waals surface area contributed by atoms with Gasteiger partial charge in [0.15, 0.2) is 0 Å². The summed E-state index contributed by atoms with van der Waals surface area (Å²) in [7, 11) is 0. The highest BCUT2D eigenvalue weighted by molar-refractivity contribution is 5.78. The minimum atomic E-state index is -1.20. The maximum Gasteiger partial charge on any atom is 0.316 e. The normalized spacial score (nSPS) is 15.4. The van der Waals surface area contributed by atoms with Gasteiger partial charge in [0.1, 0.15) is 11.2 Å². The van der Waals surface area contributed by atoms with Crippen LogP contribution in [0.4, 0.5) is 0 Å². The summed E-state index contributed by atoms with van der Waals surface area (Å²) >= 11 is 0. The van der Waals surface area contributed by atoms with Crippen molar-refractivity contribution in [1.82, 2.24) is 9.97 Å². The molecule has 0 spiro atoms. The Morgan fingerprint density at radius 3 is 2.88 bits per heavy atom. The van der Waals surface area contributed by atoms with Crippen LogP contribution in [-0.2, 0) is 28.0 Å². The van der Waals surface area contributed by atoms with E-state index in [2.05, 4.69) is 9.97 Å². The number of carboxylic acid groups (broad SMARTS) is 1. The fourth-order valence-corrected chi connectivity index (χ4v) is 1.64. The number of nitrogens with one attached hydrogen (secondary N) is 1. The van der Waals surface area contributed by atoms with Gasteiger partial charge in [-0.1, -0.05) is 0 Å².